The number of carboxylic acids is 1. The van der Waals surface area contributed by atoms with Gasteiger partial charge in [0.25, 0.3) is 0 Å². The molecule has 18 heavy (non-hydrogen) atoms. The van der Waals surface area contributed by atoms with Crippen LogP contribution in [0.5, 0.6) is 0 Å². The van der Waals surface area contributed by atoms with E-state index in [1.165, 1.54) is 18.3 Å². The summed E-state index contributed by atoms with van der Waals surface area (Å²) in [7, 11) is 0. The molecule has 0 saturated carbocycles. The van der Waals surface area contributed by atoms with Crippen LogP contribution in [0.2, 0.25) is 5.02 Å². The summed E-state index contributed by atoms with van der Waals surface area (Å²) in [6.45, 7) is 0. The third-order valence-electron chi connectivity index (χ3n) is 2.06. The molecule has 0 spiro atoms. The maximum absolute atomic E-state index is 13.2. The van der Waals surface area contributed by atoms with Crippen molar-refractivity contribution < 1.29 is 14.3 Å². The van der Waals surface area contributed by atoms with E-state index in [4.69, 9.17) is 16.7 Å². The number of thioether (sulfide) groups is 1. The molecule has 0 atom stereocenters. The highest BCUT2D eigenvalue weighted by atomic mass is 35.5. The first-order valence-corrected chi connectivity index (χ1v) is 6.27. The standard InChI is InChI=1S/C11H8ClFN2O2S/c12-7-3-8(13)5-9(4-7)15-2-1-14-11(15)18-6-10(16)17/h1-5H,6H2,(H,16,17). The number of hydrogen-bond donors (Lipinski definition) is 1. The molecular formula is C11H8ClFN2O2S. The average Bonchev–Trinajstić information content (AvgIpc) is 2.72. The number of aromatic nitrogens is 2. The Hall–Kier alpha value is -1.53. The van der Waals surface area contributed by atoms with Gasteiger partial charge >= 0.3 is 5.97 Å². The molecule has 0 unspecified atom stereocenters. The first-order valence-electron chi connectivity index (χ1n) is 4.90. The topological polar surface area (TPSA) is 55.1 Å². The molecule has 0 fully saturated rings. The number of carbonyl (C=O) groups is 1. The zero-order valence-electron chi connectivity index (χ0n) is 9.01. The van der Waals surface area contributed by atoms with Gasteiger partial charge in [0.1, 0.15) is 5.82 Å². The molecule has 0 aliphatic heterocycles. The van der Waals surface area contributed by atoms with Crippen LogP contribution in [-0.2, 0) is 4.79 Å². The molecule has 7 heteroatoms. The SMILES string of the molecule is O=C(O)CSc1nccn1-c1cc(F)cc(Cl)c1. The lowest BCUT2D eigenvalue weighted by Crippen LogP contribution is -2.01. The van der Waals surface area contributed by atoms with Gasteiger partial charge in [0, 0.05) is 17.4 Å². The third-order valence-corrected chi connectivity index (χ3v) is 3.23. The van der Waals surface area contributed by atoms with Gasteiger partial charge in [-0.2, -0.15) is 0 Å². The molecule has 1 heterocycles. The Kier molecular flexibility index (Phi) is 3.88. The van der Waals surface area contributed by atoms with Gasteiger partial charge in [-0.05, 0) is 18.2 Å². The monoisotopic (exact) mass is 286 g/mol. The van der Waals surface area contributed by atoms with Gasteiger partial charge < -0.3 is 5.11 Å². The van der Waals surface area contributed by atoms with Crippen LogP contribution in [0.15, 0.2) is 35.7 Å². The number of rotatable bonds is 4. The zero-order chi connectivity index (χ0) is 13.1. The highest BCUT2D eigenvalue weighted by molar-refractivity contribution is 7.99. The van der Waals surface area contributed by atoms with Gasteiger partial charge in [-0.15, -0.1) is 0 Å². The predicted octanol–water partition coefficient (Wildman–Crippen LogP) is 2.84. The lowest BCUT2D eigenvalue weighted by Gasteiger charge is -2.07. The van der Waals surface area contributed by atoms with Crippen molar-refractivity contribution in [3.8, 4) is 5.69 Å². The van der Waals surface area contributed by atoms with E-state index in [9.17, 15) is 9.18 Å². The van der Waals surface area contributed by atoms with Gasteiger partial charge in [0.2, 0.25) is 0 Å². The minimum absolute atomic E-state index is 0.111. The summed E-state index contributed by atoms with van der Waals surface area (Å²) in [6, 6.07) is 4.08. The van der Waals surface area contributed by atoms with Crippen LogP contribution in [0.1, 0.15) is 0 Å². The quantitative estimate of drug-likeness (QED) is 0.878. The number of aliphatic carboxylic acids is 1. The van der Waals surface area contributed by atoms with Crippen LogP contribution >= 0.6 is 23.4 Å². The molecule has 0 radical (unpaired) electrons. The van der Waals surface area contributed by atoms with E-state index >= 15 is 0 Å². The van der Waals surface area contributed by atoms with Crippen molar-refractivity contribution in [2.24, 2.45) is 0 Å². The van der Waals surface area contributed by atoms with Crippen molar-refractivity contribution >= 4 is 29.3 Å². The van der Waals surface area contributed by atoms with E-state index in [-0.39, 0.29) is 10.8 Å². The van der Waals surface area contributed by atoms with Gasteiger partial charge in [-0.1, -0.05) is 23.4 Å². The Morgan fingerprint density at radius 3 is 2.94 bits per heavy atom. The van der Waals surface area contributed by atoms with Crippen molar-refractivity contribution in [1.82, 2.24) is 9.55 Å². The lowest BCUT2D eigenvalue weighted by atomic mass is 10.3. The molecule has 1 aromatic heterocycles. The third kappa shape index (κ3) is 3.02. The maximum atomic E-state index is 13.2. The lowest BCUT2D eigenvalue weighted by molar-refractivity contribution is -0.133. The molecule has 0 aliphatic rings. The van der Waals surface area contributed by atoms with E-state index in [2.05, 4.69) is 4.98 Å². The summed E-state index contributed by atoms with van der Waals surface area (Å²) >= 11 is 6.83. The summed E-state index contributed by atoms with van der Waals surface area (Å²) < 4.78 is 14.8. The molecule has 0 bridgehead atoms. The van der Waals surface area contributed by atoms with Crippen LogP contribution < -0.4 is 0 Å². The first kappa shape index (κ1) is 12.9. The second-order valence-corrected chi connectivity index (χ2v) is 4.77. The fourth-order valence-corrected chi connectivity index (χ4v) is 2.31. The van der Waals surface area contributed by atoms with Gasteiger partial charge in [0.05, 0.1) is 11.4 Å². The molecule has 94 valence electrons. The number of nitrogens with zero attached hydrogens (tertiary/aromatic N) is 2. The Bertz CT molecular complexity index is 568. The van der Waals surface area contributed by atoms with E-state index in [1.54, 1.807) is 16.8 Å². The number of benzene rings is 1. The summed E-state index contributed by atoms with van der Waals surface area (Å²) in [5.41, 5.74) is 0.505. The molecule has 4 nitrogen and oxygen atoms in total. The van der Waals surface area contributed by atoms with Crippen LogP contribution in [-0.4, -0.2) is 26.4 Å². The van der Waals surface area contributed by atoms with Crippen molar-refractivity contribution in [3.05, 3.63) is 41.4 Å². The molecule has 0 aliphatic carbocycles. The van der Waals surface area contributed by atoms with Crippen LogP contribution in [0.25, 0.3) is 5.69 Å². The Morgan fingerprint density at radius 2 is 2.28 bits per heavy atom. The number of halogens is 2. The molecule has 0 amide bonds. The molecule has 2 rings (SSSR count). The number of imidazole rings is 1. The molecule has 0 saturated heterocycles. The maximum Gasteiger partial charge on any atom is 0.313 e. The van der Waals surface area contributed by atoms with Crippen molar-refractivity contribution in [3.63, 3.8) is 0 Å². The number of hydrogen-bond acceptors (Lipinski definition) is 3. The predicted molar refractivity (Wildman–Crippen MR) is 66.9 cm³/mol. The highest BCUT2D eigenvalue weighted by Gasteiger charge is 2.09. The van der Waals surface area contributed by atoms with Crippen LogP contribution in [0.3, 0.4) is 0 Å². The average molecular weight is 287 g/mol. The fourth-order valence-electron chi connectivity index (χ4n) is 1.40. The van der Waals surface area contributed by atoms with Gasteiger partial charge in [0.15, 0.2) is 5.16 Å². The summed E-state index contributed by atoms with van der Waals surface area (Å²) in [4.78, 5) is 14.5. The molecule has 1 N–H and O–H groups in total. The van der Waals surface area contributed by atoms with E-state index in [1.807, 2.05) is 0 Å². The first-order chi connectivity index (χ1) is 8.56. The summed E-state index contributed by atoms with van der Waals surface area (Å²) in [6.07, 6.45) is 3.14. The summed E-state index contributed by atoms with van der Waals surface area (Å²) in [5.74, 6) is -1.51. The molecular weight excluding hydrogens is 279 g/mol. The molecule has 1 aromatic carbocycles. The van der Waals surface area contributed by atoms with Gasteiger partial charge in [-0.25, -0.2) is 9.37 Å². The minimum atomic E-state index is -0.938. The van der Waals surface area contributed by atoms with Crippen LogP contribution in [0, 0.1) is 5.82 Å². The molecule has 2 aromatic rings. The second-order valence-electron chi connectivity index (χ2n) is 3.39. The number of carboxylic acid groups (broad SMARTS) is 1. The smallest absolute Gasteiger partial charge is 0.313 e. The summed E-state index contributed by atoms with van der Waals surface area (Å²) in [5, 5.41) is 9.37. The Labute approximate surface area is 111 Å². The Balaban J connectivity index is 2.33. The second kappa shape index (κ2) is 5.41. The minimum Gasteiger partial charge on any atom is -0.481 e. The highest BCUT2D eigenvalue weighted by Crippen LogP contribution is 2.23. The van der Waals surface area contributed by atoms with Crippen molar-refractivity contribution in [2.75, 3.05) is 5.75 Å². The van der Waals surface area contributed by atoms with Crippen LogP contribution in [0.4, 0.5) is 4.39 Å². The van der Waals surface area contributed by atoms with E-state index in [0.717, 1.165) is 11.8 Å². The zero-order valence-corrected chi connectivity index (χ0v) is 10.6. The normalized spacial score (nSPS) is 10.6. The van der Waals surface area contributed by atoms with E-state index in [0.29, 0.717) is 10.8 Å². The van der Waals surface area contributed by atoms with Crippen molar-refractivity contribution in [2.45, 2.75) is 5.16 Å². The van der Waals surface area contributed by atoms with Gasteiger partial charge in [-0.3, -0.25) is 9.36 Å². The van der Waals surface area contributed by atoms with Crippen molar-refractivity contribution in [1.29, 1.82) is 0 Å². The largest absolute Gasteiger partial charge is 0.481 e. The Morgan fingerprint density at radius 1 is 1.50 bits per heavy atom. The fraction of sp³-hybridized carbons (Fsp3) is 0.0909. The van der Waals surface area contributed by atoms with E-state index < -0.39 is 11.8 Å².